The Bertz CT molecular complexity index is 3060. The van der Waals surface area contributed by atoms with Crippen LogP contribution in [-0.4, -0.2) is 16.1 Å². The quantitative estimate of drug-likeness (QED) is 0.0696. The van der Waals surface area contributed by atoms with E-state index in [2.05, 4.69) is 232 Å². The van der Waals surface area contributed by atoms with Gasteiger partial charge >= 0.3 is 0 Å². The first kappa shape index (κ1) is 46.4. The number of rotatable bonds is 12. The van der Waals surface area contributed by atoms with Crippen LogP contribution in [0.1, 0.15) is 52.8 Å². The summed E-state index contributed by atoms with van der Waals surface area (Å²) in [5.41, 5.74) is 17.3. The van der Waals surface area contributed by atoms with E-state index in [-0.39, 0.29) is 5.41 Å². The first-order valence-electron chi connectivity index (χ1n) is 23.7. The zero-order valence-electron chi connectivity index (χ0n) is 40.9. The Kier molecular flexibility index (Phi) is 12.6. The van der Waals surface area contributed by atoms with Gasteiger partial charge in [-0.15, -0.1) is 0 Å². The van der Waals surface area contributed by atoms with Crippen LogP contribution in [0.15, 0.2) is 182 Å². The summed E-state index contributed by atoms with van der Waals surface area (Å²) < 4.78 is 0. The van der Waals surface area contributed by atoms with Crippen LogP contribution in [0.3, 0.4) is 0 Å². The summed E-state index contributed by atoms with van der Waals surface area (Å²) in [6.45, 7) is 26.4. The Hall–Kier alpha value is -7.75. The summed E-state index contributed by atoms with van der Waals surface area (Å²) in [6.07, 6.45) is 8.83. The second-order valence-electron chi connectivity index (χ2n) is 20.6. The van der Waals surface area contributed by atoms with Gasteiger partial charge in [0.2, 0.25) is 0 Å². The van der Waals surface area contributed by atoms with Gasteiger partial charge in [0.15, 0.2) is 5.69 Å². The molecule has 0 saturated carbocycles. The van der Waals surface area contributed by atoms with E-state index in [4.69, 9.17) is 6.57 Å². The summed E-state index contributed by atoms with van der Waals surface area (Å²) in [5, 5.41) is 12.3. The van der Waals surface area contributed by atoms with Gasteiger partial charge in [-0.25, -0.2) is 4.85 Å². The molecule has 0 saturated heterocycles. The molecule has 0 fully saturated rings. The Labute approximate surface area is 411 Å². The van der Waals surface area contributed by atoms with Crippen molar-refractivity contribution >= 4 is 90.6 Å². The van der Waals surface area contributed by atoms with E-state index < -0.39 is 16.1 Å². The second kappa shape index (κ2) is 18.7. The van der Waals surface area contributed by atoms with Gasteiger partial charge in [0.05, 0.1) is 34.4 Å². The molecule has 0 N–H and O–H groups in total. The van der Waals surface area contributed by atoms with E-state index in [0.717, 1.165) is 45.3 Å². The van der Waals surface area contributed by atoms with Gasteiger partial charge in [0, 0.05) is 39.5 Å². The minimum absolute atomic E-state index is 0.159. The smallest absolute Gasteiger partial charge is 0.187 e. The topological polar surface area (TPSA) is 34.6 Å². The lowest BCUT2D eigenvalue weighted by molar-refractivity contribution is 0.660. The van der Waals surface area contributed by atoms with E-state index in [9.17, 15) is 5.26 Å². The van der Waals surface area contributed by atoms with Crippen LogP contribution in [0.4, 0.5) is 39.8 Å². The van der Waals surface area contributed by atoms with Crippen LogP contribution < -0.4 is 20.2 Å². The fraction of sp³-hybridized carbons (Fsp3) is 0.143. The Morgan fingerprint density at radius 1 is 0.435 bits per heavy atom. The van der Waals surface area contributed by atoms with E-state index in [1.165, 1.54) is 43.8 Å². The van der Waals surface area contributed by atoms with Crippen molar-refractivity contribution < 1.29 is 0 Å². The molecule has 0 aliphatic heterocycles. The molecule has 69 heavy (non-hydrogen) atoms. The molecule has 0 unspecified atom stereocenters. The van der Waals surface area contributed by atoms with Gasteiger partial charge in [-0.3, -0.25) is 0 Å². The number of fused-ring (bicyclic) bond motifs is 3. The summed E-state index contributed by atoms with van der Waals surface area (Å²) in [4.78, 5) is 8.13. The van der Waals surface area contributed by atoms with Gasteiger partial charge in [-0.1, -0.05) is 185 Å². The van der Waals surface area contributed by atoms with E-state index in [1.807, 2.05) is 48.5 Å². The molecule has 0 aromatic heterocycles. The zero-order valence-corrected chi connectivity index (χ0v) is 42.9. The largest absolute Gasteiger partial charge is 0.311 e. The van der Waals surface area contributed by atoms with Crippen molar-refractivity contribution in [1.29, 1.82) is 5.26 Å². The molecule has 0 radical (unpaired) electrons. The molecule has 0 spiro atoms. The summed E-state index contributed by atoms with van der Waals surface area (Å²) in [5.74, 6) is 0. The van der Waals surface area contributed by atoms with Crippen LogP contribution in [0.2, 0.25) is 39.3 Å². The monoisotopic (exact) mass is 926 g/mol. The minimum Gasteiger partial charge on any atom is -0.311 e. The molecular weight excluding hydrogens is 869 g/mol. The predicted octanol–water partition coefficient (Wildman–Crippen LogP) is 16.8. The van der Waals surface area contributed by atoms with Gasteiger partial charge in [0.1, 0.15) is 0 Å². The molecule has 8 aromatic carbocycles. The third-order valence-corrected chi connectivity index (χ3v) is 17.6. The number of nitriles is 1. The lowest BCUT2D eigenvalue weighted by Gasteiger charge is -2.27. The third-order valence-electron chi connectivity index (χ3n) is 13.4. The highest BCUT2D eigenvalue weighted by atomic mass is 28.3. The Balaban J connectivity index is 0.914. The van der Waals surface area contributed by atoms with E-state index in [0.29, 0.717) is 11.3 Å². The van der Waals surface area contributed by atoms with Crippen molar-refractivity contribution in [3.8, 4) is 17.2 Å². The molecule has 338 valence electrons. The van der Waals surface area contributed by atoms with E-state index >= 15 is 0 Å². The summed E-state index contributed by atoms with van der Waals surface area (Å²) >= 11 is 0. The third kappa shape index (κ3) is 9.83. The van der Waals surface area contributed by atoms with Crippen molar-refractivity contribution in [2.45, 2.75) is 58.5 Å². The molecule has 1 aliphatic rings. The van der Waals surface area contributed by atoms with Gasteiger partial charge in [-0.05, 0) is 129 Å². The minimum atomic E-state index is -1.45. The highest BCUT2D eigenvalue weighted by Crippen LogP contribution is 2.49. The SMILES string of the molecule is [C-]#[N+]c1ccc(N(c2ccc(/C=C/c3ccc4c(c3)C(C)(C)c3cc(/C=C/c5ccc(N(c6ccc(C#N)cc6)c6ccc([Si](C)(C)C)cc6)cc5)ccc3-4)cc2)c2ccc([Si](C)(C)C)cc2)cc1. The molecule has 0 heterocycles. The average molecular weight is 927 g/mol. The summed E-state index contributed by atoms with van der Waals surface area (Å²) in [6, 6.07) is 67.1. The van der Waals surface area contributed by atoms with Crippen molar-refractivity contribution in [1.82, 2.24) is 0 Å². The number of hydrogen-bond acceptors (Lipinski definition) is 3. The predicted molar refractivity (Wildman–Crippen MR) is 301 cm³/mol. The van der Waals surface area contributed by atoms with Crippen molar-refractivity contribution in [2.75, 3.05) is 9.80 Å². The van der Waals surface area contributed by atoms with Crippen molar-refractivity contribution in [3.63, 3.8) is 0 Å². The molecule has 9 rings (SSSR count). The molecule has 0 bridgehead atoms. The number of hydrogen-bond donors (Lipinski definition) is 0. The van der Waals surface area contributed by atoms with Crippen LogP contribution in [-0.2, 0) is 5.41 Å². The fourth-order valence-corrected chi connectivity index (χ4v) is 11.6. The van der Waals surface area contributed by atoms with Crippen molar-refractivity contribution in [2.24, 2.45) is 0 Å². The van der Waals surface area contributed by atoms with Crippen LogP contribution in [0, 0.1) is 17.9 Å². The zero-order chi connectivity index (χ0) is 48.5. The molecule has 4 nitrogen and oxygen atoms in total. The van der Waals surface area contributed by atoms with Crippen LogP contribution in [0.25, 0.3) is 40.3 Å². The van der Waals surface area contributed by atoms with Gasteiger partial charge < -0.3 is 9.80 Å². The number of benzene rings is 8. The molecule has 0 amide bonds. The lowest BCUT2D eigenvalue weighted by Crippen LogP contribution is -2.37. The normalized spacial score (nSPS) is 12.9. The standard InChI is InChI=1S/C63H58N4Si2/c1-63(2)61-42-47(12-10-45-14-24-51(25-15-45)66(53-28-18-49(44-64)19-29-53)55-32-36-57(37-33-55)68(4,5)6)20-40-59(61)60-41-21-48(43-62(60)63)13-11-46-16-26-52(27-17-46)67(54-30-22-50(65-3)23-31-54)56-34-38-58(39-35-56)69(7,8)9/h10-43H,1-2,4-9H3/b12-10+,13-11+. The Morgan fingerprint density at radius 3 is 1.07 bits per heavy atom. The average Bonchev–Trinajstić information content (AvgIpc) is 3.58. The highest BCUT2D eigenvalue weighted by Gasteiger charge is 2.35. The first-order valence-corrected chi connectivity index (χ1v) is 30.7. The van der Waals surface area contributed by atoms with E-state index in [1.54, 1.807) is 0 Å². The lowest BCUT2D eigenvalue weighted by atomic mass is 9.81. The summed E-state index contributed by atoms with van der Waals surface area (Å²) in [7, 11) is -2.89. The molecule has 8 aromatic rings. The second-order valence-corrected chi connectivity index (χ2v) is 30.8. The number of anilines is 6. The highest BCUT2D eigenvalue weighted by molar-refractivity contribution is 6.89. The fourth-order valence-electron chi connectivity index (χ4n) is 9.31. The first-order chi connectivity index (χ1) is 33.1. The Morgan fingerprint density at radius 2 is 0.739 bits per heavy atom. The molecule has 6 heteroatoms. The molecule has 1 aliphatic carbocycles. The molecular formula is C63H58N4Si2. The number of nitrogens with zero attached hydrogens (tertiary/aromatic N) is 4. The van der Waals surface area contributed by atoms with Crippen LogP contribution >= 0.6 is 0 Å². The van der Waals surface area contributed by atoms with Crippen LogP contribution in [0.5, 0.6) is 0 Å². The maximum absolute atomic E-state index is 9.46. The maximum atomic E-state index is 9.46. The maximum Gasteiger partial charge on any atom is 0.187 e. The molecule has 0 atom stereocenters. The van der Waals surface area contributed by atoms with Crippen molar-refractivity contribution in [3.05, 3.63) is 232 Å². The van der Waals surface area contributed by atoms with Gasteiger partial charge in [-0.2, -0.15) is 5.26 Å². The van der Waals surface area contributed by atoms with Gasteiger partial charge in [0.25, 0.3) is 0 Å².